The van der Waals surface area contributed by atoms with Crippen LogP contribution in [0.3, 0.4) is 0 Å². The normalized spacial score (nSPS) is 12.6. The molecule has 0 amide bonds. The summed E-state index contributed by atoms with van der Waals surface area (Å²) < 4.78 is 24.7. The van der Waals surface area contributed by atoms with Crippen LogP contribution in [-0.4, -0.2) is 43.2 Å². The van der Waals surface area contributed by atoms with Crippen LogP contribution in [0, 0.1) is 0 Å². The summed E-state index contributed by atoms with van der Waals surface area (Å²) in [6.45, 7) is 6.81. The molecule has 0 heterocycles. The van der Waals surface area contributed by atoms with E-state index in [2.05, 4.69) is 25.7 Å². The number of benzene rings is 1. The van der Waals surface area contributed by atoms with Crippen LogP contribution in [-0.2, 0) is 9.84 Å². The highest BCUT2D eigenvalue weighted by Crippen LogP contribution is 2.18. The van der Waals surface area contributed by atoms with Gasteiger partial charge in [0.05, 0.1) is 10.6 Å². The van der Waals surface area contributed by atoms with Gasteiger partial charge in [0.25, 0.3) is 0 Å². The molecule has 0 aliphatic heterocycles. The zero-order chi connectivity index (χ0) is 16.3. The average Bonchev–Trinajstić information content (AvgIpc) is 2.44. The van der Waals surface area contributed by atoms with Crippen molar-refractivity contribution in [3.63, 3.8) is 0 Å². The van der Waals surface area contributed by atoms with E-state index in [1.807, 2.05) is 7.05 Å². The first-order valence-electron chi connectivity index (χ1n) is 6.94. The van der Waals surface area contributed by atoms with Gasteiger partial charge in [-0.15, -0.1) is 0 Å². The summed E-state index contributed by atoms with van der Waals surface area (Å²) in [6, 6.07) is 6.42. The topological polar surface area (TPSA) is 63.4 Å². The third-order valence-electron chi connectivity index (χ3n) is 4.09. The van der Waals surface area contributed by atoms with Crippen LogP contribution in [0.1, 0.15) is 32.8 Å². The van der Waals surface area contributed by atoms with Crippen molar-refractivity contribution in [2.45, 2.75) is 37.6 Å². The first-order valence-corrected chi connectivity index (χ1v) is 9.00. The minimum absolute atomic E-state index is 0.00881. The summed E-state index contributed by atoms with van der Waals surface area (Å²) in [5.41, 5.74) is 6.18. The van der Waals surface area contributed by atoms with E-state index in [4.69, 9.17) is 18.0 Å². The molecule has 6 heteroatoms. The number of thiocarbonyl (C=S) groups is 1. The summed E-state index contributed by atoms with van der Waals surface area (Å²) in [5.74, 6) is 0.0966. The standard InChI is InChI=1S/C15H24N2O2S2/c1-5-15(2,3)17(4)10-11-21(18,19)13-8-6-12(7-9-13)14(16)20/h6-9H,5,10-11H2,1-4H3,(H2,16,20). The van der Waals surface area contributed by atoms with Gasteiger partial charge in [-0.3, -0.25) is 0 Å². The predicted octanol–water partition coefficient (Wildman–Crippen LogP) is 2.21. The fourth-order valence-electron chi connectivity index (χ4n) is 1.77. The third-order valence-corrected chi connectivity index (χ3v) is 6.04. The lowest BCUT2D eigenvalue weighted by Gasteiger charge is -2.34. The molecule has 0 aliphatic carbocycles. The van der Waals surface area contributed by atoms with Crippen molar-refractivity contribution >= 4 is 27.0 Å². The molecular formula is C15H24N2O2S2. The van der Waals surface area contributed by atoms with Crippen LogP contribution in [0.15, 0.2) is 29.2 Å². The lowest BCUT2D eigenvalue weighted by Crippen LogP contribution is -2.42. The summed E-state index contributed by atoms with van der Waals surface area (Å²) >= 11 is 4.86. The predicted molar refractivity (Wildman–Crippen MR) is 91.4 cm³/mol. The Labute approximate surface area is 133 Å². The van der Waals surface area contributed by atoms with Crippen LogP contribution in [0.5, 0.6) is 0 Å². The first-order chi connectivity index (χ1) is 9.60. The fraction of sp³-hybridized carbons (Fsp3) is 0.533. The van der Waals surface area contributed by atoms with Crippen molar-refractivity contribution in [2.24, 2.45) is 5.73 Å². The Morgan fingerprint density at radius 3 is 2.24 bits per heavy atom. The first kappa shape index (κ1) is 18.1. The smallest absolute Gasteiger partial charge is 0.179 e. The number of rotatable bonds is 7. The van der Waals surface area contributed by atoms with Gasteiger partial charge in [-0.25, -0.2) is 8.42 Å². The molecule has 0 fully saturated rings. The van der Waals surface area contributed by atoms with E-state index >= 15 is 0 Å². The van der Waals surface area contributed by atoms with Gasteiger partial charge >= 0.3 is 0 Å². The van der Waals surface area contributed by atoms with E-state index in [1.54, 1.807) is 24.3 Å². The maximum atomic E-state index is 12.3. The van der Waals surface area contributed by atoms with E-state index in [-0.39, 0.29) is 16.3 Å². The molecule has 1 aromatic rings. The van der Waals surface area contributed by atoms with E-state index in [0.29, 0.717) is 17.0 Å². The van der Waals surface area contributed by atoms with Crippen LogP contribution in [0.25, 0.3) is 0 Å². The Morgan fingerprint density at radius 2 is 1.81 bits per heavy atom. The van der Waals surface area contributed by atoms with Gasteiger partial charge in [0, 0.05) is 17.6 Å². The third kappa shape index (κ3) is 4.76. The monoisotopic (exact) mass is 328 g/mol. The van der Waals surface area contributed by atoms with Gasteiger partial charge in [0.1, 0.15) is 4.99 Å². The molecule has 0 radical (unpaired) electrons. The molecule has 0 spiro atoms. The van der Waals surface area contributed by atoms with E-state index in [1.165, 1.54) is 0 Å². The molecule has 1 aromatic carbocycles. The summed E-state index contributed by atoms with van der Waals surface area (Å²) in [5, 5.41) is 0. The Balaban J connectivity index is 2.80. The van der Waals surface area contributed by atoms with Crippen LogP contribution in [0.2, 0.25) is 0 Å². The lowest BCUT2D eigenvalue weighted by molar-refractivity contribution is 0.160. The van der Waals surface area contributed by atoms with Crippen molar-refractivity contribution in [1.82, 2.24) is 4.90 Å². The highest BCUT2D eigenvalue weighted by Gasteiger charge is 2.23. The molecular weight excluding hydrogens is 304 g/mol. The SMILES string of the molecule is CCC(C)(C)N(C)CCS(=O)(=O)c1ccc(C(N)=S)cc1. The second-order valence-electron chi connectivity index (χ2n) is 5.80. The van der Waals surface area contributed by atoms with Gasteiger partial charge in [0.15, 0.2) is 9.84 Å². The molecule has 0 aromatic heterocycles. The van der Waals surface area contributed by atoms with Crippen LogP contribution >= 0.6 is 12.2 Å². The molecule has 21 heavy (non-hydrogen) atoms. The van der Waals surface area contributed by atoms with Crippen molar-refractivity contribution in [1.29, 1.82) is 0 Å². The van der Waals surface area contributed by atoms with Crippen molar-refractivity contribution < 1.29 is 8.42 Å². The molecule has 0 saturated heterocycles. The summed E-state index contributed by atoms with van der Waals surface area (Å²) in [4.78, 5) is 2.65. The summed E-state index contributed by atoms with van der Waals surface area (Å²) in [7, 11) is -1.34. The molecule has 0 aliphatic rings. The lowest BCUT2D eigenvalue weighted by atomic mass is 10.0. The molecule has 0 unspecified atom stereocenters. The Bertz CT molecular complexity index is 593. The Hall–Kier alpha value is -0.980. The van der Waals surface area contributed by atoms with E-state index in [0.717, 1.165) is 6.42 Å². The highest BCUT2D eigenvalue weighted by molar-refractivity contribution is 7.91. The van der Waals surface area contributed by atoms with Gasteiger partial charge in [0.2, 0.25) is 0 Å². The zero-order valence-corrected chi connectivity index (χ0v) is 14.7. The molecule has 1 rings (SSSR count). The number of hydrogen-bond donors (Lipinski definition) is 1. The maximum Gasteiger partial charge on any atom is 0.179 e. The number of nitrogens with two attached hydrogens (primary N) is 1. The van der Waals surface area contributed by atoms with Gasteiger partial charge in [-0.1, -0.05) is 31.3 Å². The molecule has 0 atom stereocenters. The average molecular weight is 329 g/mol. The highest BCUT2D eigenvalue weighted by atomic mass is 32.2. The van der Waals surface area contributed by atoms with Crippen LogP contribution < -0.4 is 5.73 Å². The Kier molecular flexibility index (Phi) is 5.90. The maximum absolute atomic E-state index is 12.3. The minimum Gasteiger partial charge on any atom is -0.389 e. The van der Waals surface area contributed by atoms with Crippen molar-refractivity contribution in [3.8, 4) is 0 Å². The van der Waals surface area contributed by atoms with E-state index in [9.17, 15) is 8.42 Å². The second kappa shape index (κ2) is 6.85. The molecule has 0 bridgehead atoms. The van der Waals surface area contributed by atoms with Gasteiger partial charge < -0.3 is 10.6 Å². The molecule has 118 valence electrons. The molecule has 2 N–H and O–H groups in total. The zero-order valence-electron chi connectivity index (χ0n) is 13.1. The quantitative estimate of drug-likeness (QED) is 0.778. The number of nitrogens with zero attached hydrogens (tertiary/aromatic N) is 1. The van der Waals surface area contributed by atoms with E-state index < -0.39 is 9.84 Å². The minimum atomic E-state index is -3.29. The number of sulfone groups is 1. The Morgan fingerprint density at radius 1 is 1.29 bits per heavy atom. The summed E-state index contributed by atoms with van der Waals surface area (Å²) in [6.07, 6.45) is 0.964. The second-order valence-corrected chi connectivity index (χ2v) is 8.34. The van der Waals surface area contributed by atoms with Crippen LogP contribution in [0.4, 0.5) is 0 Å². The number of hydrogen-bond acceptors (Lipinski definition) is 4. The largest absolute Gasteiger partial charge is 0.389 e. The molecule has 0 saturated carbocycles. The van der Waals surface area contributed by atoms with Crippen molar-refractivity contribution in [2.75, 3.05) is 19.3 Å². The fourth-order valence-corrected chi connectivity index (χ4v) is 3.21. The molecule has 4 nitrogen and oxygen atoms in total. The van der Waals surface area contributed by atoms with Crippen molar-refractivity contribution in [3.05, 3.63) is 29.8 Å². The van der Waals surface area contributed by atoms with Gasteiger partial charge in [-0.05, 0) is 39.4 Å². The van der Waals surface area contributed by atoms with Gasteiger partial charge in [-0.2, -0.15) is 0 Å².